The molecule has 0 aromatic heterocycles. The molecule has 0 spiro atoms. The maximum atomic E-state index is 13.0. The summed E-state index contributed by atoms with van der Waals surface area (Å²) in [4.78, 5) is 27.3. The van der Waals surface area contributed by atoms with Crippen LogP contribution < -0.4 is 10.6 Å². The van der Waals surface area contributed by atoms with E-state index < -0.39 is 0 Å². The van der Waals surface area contributed by atoms with Crippen molar-refractivity contribution in [3.63, 3.8) is 0 Å². The first kappa shape index (κ1) is 19.2. The monoisotopic (exact) mass is 336 g/mol. The van der Waals surface area contributed by atoms with Crippen LogP contribution in [0, 0.1) is 17.8 Å². The third-order valence-corrected chi connectivity index (χ3v) is 5.01. The molecule has 5 nitrogen and oxygen atoms in total. The minimum Gasteiger partial charge on any atom is -0.344 e. The predicted molar refractivity (Wildman–Crippen MR) is 96.3 cm³/mol. The molecule has 1 radical (unpaired) electrons. The third-order valence-electron chi connectivity index (χ3n) is 5.01. The number of piperazine rings is 1. The molecule has 137 valence electrons. The van der Waals surface area contributed by atoms with Gasteiger partial charge in [-0.15, -0.1) is 0 Å². The van der Waals surface area contributed by atoms with Crippen LogP contribution in [0.3, 0.4) is 0 Å². The number of rotatable bonds is 5. The van der Waals surface area contributed by atoms with Gasteiger partial charge in [-0.2, -0.15) is 0 Å². The SMILES string of the molecule is CC(C)(C)C[CH]C(=O)N[C@H](C(=O)N1CCNCC1)C1CCCCC1. The van der Waals surface area contributed by atoms with Crippen molar-refractivity contribution in [3.05, 3.63) is 6.42 Å². The molecule has 1 saturated heterocycles. The maximum absolute atomic E-state index is 13.0. The Bertz CT molecular complexity index is 419. The van der Waals surface area contributed by atoms with Crippen LogP contribution in [-0.4, -0.2) is 48.9 Å². The highest BCUT2D eigenvalue weighted by Gasteiger charge is 2.34. The van der Waals surface area contributed by atoms with Gasteiger partial charge >= 0.3 is 0 Å². The summed E-state index contributed by atoms with van der Waals surface area (Å²) in [7, 11) is 0. The van der Waals surface area contributed by atoms with Gasteiger partial charge in [0, 0.05) is 26.2 Å². The van der Waals surface area contributed by atoms with Crippen molar-refractivity contribution in [1.29, 1.82) is 0 Å². The molecule has 2 amide bonds. The summed E-state index contributed by atoms with van der Waals surface area (Å²) in [5, 5.41) is 6.33. The second-order valence-electron chi connectivity index (χ2n) is 8.43. The second kappa shape index (κ2) is 8.84. The number of hydrogen-bond donors (Lipinski definition) is 2. The molecule has 1 aliphatic heterocycles. The molecule has 1 atom stereocenters. The zero-order valence-corrected chi connectivity index (χ0v) is 15.6. The molecule has 2 fully saturated rings. The smallest absolute Gasteiger partial charge is 0.245 e. The van der Waals surface area contributed by atoms with Gasteiger partial charge in [-0.05, 0) is 30.6 Å². The molecule has 0 aromatic carbocycles. The molecular weight excluding hydrogens is 302 g/mol. The fraction of sp³-hybridized carbons (Fsp3) is 0.842. The van der Waals surface area contributed by atoms with Crippen molar-refractivity contribution in [2.75, 3.05) is 26.2 Å². The highest BCUT2D eigenvalue weighted by molar-refractivity contribution is 5.91. The number of hydrogen-bond acceptors (Lipinski definition) is 3. The standard InChI is InChI=1S/C19H34N3O2/c1-19(2,3)10-9-16(23)21-17(15-7-5-4-6-8-15)18(24)22-13-11-20-12-14-22/h9,15,17,20H,4-8,10-14H2,1-3H3,(H,21,23)/t17-/m0/s1. The van der Waals surface area contributed by atoms with Crippen molar-refractivity contribution in [3.8, 4) is 0 Å². The summed E-state index contributed by atoms with van der Waals surface area (Å²) in [5.41, 5.74) is 0.0836. The lowest BCUT2D eigenvalue weighted by molar-refractivity contribution is -0.138. The fourth-order valence-electron chi connectivity index (χ4n) is 3.54. The van der Waals surface area contributed by atoms with Crippen molar-refractivity contribution in [2.24, 2.45) is 11.3 Å². The minimum atomic E-state index is -0.355. The molecule has 1 aliphatic carbocycles. The minimum absolute atomic E-state index is 0.0836. The molecule has 0 unspecified atom stereocenters. The number of nitrogens with one attached hydrogen (secondary N) is 2. The second-order valence-corrected chi connectivity index (χ2v) is 8.43. The van der Waals surface area contributed by atoms with Gasteiger partial charge in [0.2, 0.25) is 11.8 Å². The lowest BCUT2D eigenvalue weighted by atomic mass is 9.83. The van der Waals surface area contributed by atoms with Gasteiger partial charge < -0.3 is 15.5 Å². The summed E-state index contributed by atoms with van der Waals surface area (Å²) in [6.45, 7) is 9.50. The fourth-order valence-corrected chi connectivity index (χ4v) is 3.54. The summed E-state index contributed by atoms with van der Waals surface area (Å²) in [6.07, 6.45) is 8.09. The quantitative estimate of drug-likeness (QED) is 0.808. The molecule has 2 N–H and O–H groups in total. The van der Waals surface area contributed by atoms with E-state index in [-0.39, 0.29) is 29.2 Å². The van der Waals surface area contributed by atoms with Crippen molar-refractivity contribution < 1.29 is 9.59 Å². The zero-order valence-electron chi connectivity index (χ0n) is 15.6. The van der Waals surface area contributed by atoms with Crippen LogP contribution in [0.15, 0.2) is 0 Å². The van der Waals surface area contributed by atoms with E-state index >= 15 is 0 Å². The van der Waals surface area contributed by atoms with Crippen LogP contribution in [0.2, 0.25) is 0 Å². The van der Waals surface area contributed by atoms with Crippen LogP contribution in [0.1, 0.15) is 59.3 Å². The molecule has 5 heteroatoms. The Hall–Kier alpha value is -1.10. The molecule has 0 aromatic rings. The molecule has 2 rings (SSSR count). The Kier molecular flexibility index (Phi) is 7.08. The van der Waals surface area contributed by atoms with Gasteiger partial charge in [-0.3, -0.25) is 9.59 Å². The molecular formula is C19H34N3O2. The first-order valence-electron chi connectivity index (χ1n) is 9.50. The summed E-state index contributed by atoms with van der Waals surface area (Å²) in [5.74, 6) is 0.304. The first-order chi connectivity index (χ1) is 11.4. The van der Waals surface area contributed by atoms with Crippen LogP contribution >= 0.6 is 0 Å². The van der Waals surface area contributed by atoms with Gasteiger partial charge in [0.05, 0.1) is 6.42 Å². The topological polar surface area (TPSA) is 61.4 Å². The summed E-state index contributed by atoms with van der Waals surface area (Å²) in [6, 6.07) is -0.355. The largest absolute Gasteiger partial charge is 0.344 e. The van der Waals surface area contributed by atoms with E-state index in [2.05, 4.69) is 31.4 Å². The van der Waals surface area contributed by atoms with E-state index in [9.17, 15) is 9.59 Å². The van der Waals surface area contributed by atoms with E-state index in [1.165, 1.54) is 6.42 Å². The van der Waals surface area contributed by atoms with E-state index in [0.29, 0.717) is 0 Å². The third kappa shape index (κ3) is 6.08. The van der Waals surface area contributed by atoms with Crippen molar-refractivity contribution in [2.45, 2.75) is 65.3 Å². The number of amides is 2. The molecule has 0 bridgehead atoms. The molecule has 1 saturated carbocycles. The van der Waals surface area contributed by atoms with E-state index in [1.54, 1.807) is 6.42 Å². The average Bonchev–Trinajstić information content (AvgIpc) is 2.58. The Morgan fingerprint density at radius 3 is 2.38 bits per heavy atom. The van der Waals surface area contributed by atoms with Crippen LogP contribution in [0.5, 0.6) is 0 Å². The van der Waals surface area contributed by atoms with Crippen LogP contribution in [-0.2, 0) is 9.59 Å². The zero-order chi connectivity index (χ0) is 17.6. The number of nitrogens with zero attached hydrogens (tertiary/aromatic N) is 1. The average molecular weight is 337 g/mol. The highest BCUT2D eigenvalue weighted by Crippen LogP contribution is 2.28. The molecule has 2 aliphatic rings. The van der Waals surface area contributed by atoms with Gasteiger partial charge in [0.15, 0.2) is 0 Å². The lowest BCUT2D eigenvalue weighted by Crippen LogP contribution is -2.56. The molecule has 24 heavy (non-hydrogen) atoms. The first-order valence-corrected chi connectivity index (χ1v) is 9.50. The maximum Gasteiger partial charge on any atom is 0.245 e. The van der Waals surface area contributed by atoms with Crippen LogP contribution in [0.4, 0.5) is 0 Å². The van der Waals surface area contributed by atoms with Crippen molar-refractivity contribution >= 4 is 11.8 Å². The predicted octanol–water partition coefficient (Wildman–Crippen LogP) is 2.12. The van der Waals surface area contributed by atoms with Crippen LogP contribution in [0.25, 0.3) is 0 Å². The van der Waals surface area contributed by atoms with Gasteiger partial charge in [-0.1, -0.05) is 40.0 Å². The number of carbonyl (C=O) groups excluding carboxylic acids is 2. The van der Waals surface area contributed by atoms with E-state index in [4.69, 9.17) is 0 Å². The lowest BCUT2D eigenvalue weighted by Gasteiger charge is -2.36. The molecule has 1 heterocycles. The van der Waals surface area contributed by atoms with Gasteiger partial charge in [-0.25, -0.2) is 0 Å². The Labute approximate surface area is 146 Å². The van der Waals surface area contributed by atoms with Crippen molar-refractivity contribution in [1.82, 2.24) is 15.5 Å². The Morgan fingerprint density at radius 2 is 1.79 bits per heavy atom. The Morgan fingerprint density at radius 1 is 1.17 bits per heavy atom. The summed E-state index contributed by atoms with van der Waals surface area (Å²) >= 11 is 0. The Balaban J connectivity index is 1.98. The summed E-state index contributed by atoms with van der Waals surface area (Å²) < 4.78 is 0. The van der Waals surface area contributed by atoms with E-state index in [0.717, 1.165) is 58.3 Å². The normalized spacial score (nSPS) is 21.4. The number of carbonyl (C=O) groups is 2. The van der Waals surface area contributed by atoms with Gasteiger partial charge in [0.25, 0.3) is 0 Å². The van der Waals surface area contributed by atoms with Gasteiger partial charge in [0.1, 0.15) is 6.04 Å². The van der Waals surface area contributed by atoms with E-state index in [1.807, 2.05) is 4.90 Å². The highest BCUT2D eigenvalue weighted by atomic mass is 16.2.